The molecular weight excluding hydrogens is 430 g/mol. The number of hydrogen-bond acceptors (Lipinski definition) is 6. The van der Waals surface area contributed by atoms with Gasteiger partial charge < -0.3 is 9.47 Å². The van der Waals surface area contributed by atoms with Crippen LogP contribution < -0.4 is 14.3 Å². The Morgan fingerprint density at radius 2 is 1.70 bits per heavy atom. The highest BCUT2D eigenvalue weighted by Crippen LogP contribution is 2.28. The quantitative estimate of drug-likeness (QED) is 0.631. The second-order valence-electron chi connectivity index (χ2n) is 5.79. The lowest BCUT2D eigenvalue weighted by molar-refractivity contribution is -0.0530. The predicted octanol–water partition coefficient (Wildman–Crippen LogP) is 3.36. The summed E-state index contributed by atoms with van der Waals surface area (Å²) < 4.78 is 83.7. The van der Waals surface area contributed by atoms with Crippen LogP contribution >= 0.6 is 0 Å². The Kier molecular flexibility index (Phi) is 6.57. The minimum Gasteiger partial charge on any atom is -0.435 e. The molecule has 3 rings (SSSR count). The first-order valence-corrected chi connectivity index (χ1v) is 9.84. The maximum absolute atomic E-state index is 12.7. The Morgan fingerprint density at radius 1 is 1.00 bits per heavy atom. The van der Waals surface area contributed by atoms with Crippen molar-refractivity contribution >= 4 is 15.7 Å². The molecule has 0 saturated heterocycles. The third-order valence-electron chi connectivity index (χ3n) is 3.76. The minimum absolute atomic E-state index is 0.0183. The van der Waals surface area contributed by atoms with Crippen molar-refractivity contribution in [3.05, 3.63) is 66.4 Å². The van der Waals surface area contributed by atoms with E-state index in [0.29, 0.717) is 0 Å². The molecule has 7 nitrogen and oxygen atoms in total. The lowest BCUT2D eigenvalue weighted by Gasteiger charge is -2.23. The van der Waals surface area contributed by atoms with E-state index >= 15 is 0 Å². The van der Waals surface area contributed by atoms with Gasteiger partial charge in [-0.2, -0.15) is 17.6 Å². The Labute approximate surface area is 169 Å². The molecule has 0 spiro atoms. The molecule has 0 aromatic heterocycles. The Morgan fingerprint density at radius 3 is 2.30 bits per heavy atom. The first-order chi connectivity index (χ1) is 14.2. The molecule has 160 valence electrons. The van der Waals surface area contributed by atoms with Crippen molar-refractivity contribution in [3.8, 4) is 11.5 Å². The number of hydrogen-bond donors (Lipinski definition) is 1. The molecular formula is C18H15F4N3O4S. The molecule has 1 aliphatic rings. The van der Waals surface area contributed by atoms with Crippen molar-refractivity contribution in [1.29, 1.82) is 0 Å². The average Bonchev–Trinajstić information content (AvgIpc) is 2.69. The van der Waals surface area contributed by atoms with Crippen LogP contribution in [0.3, 0.4) is 0 Å². The fourth-order valence-corrected chi connectivity index (χ4v) is 3.59. The van der Waals surface area contributed by atoms with Crippen LogP contribution in [0.25, 0.3) is 0 Å². The number of allylic oxidation sites excluding steroid dienone is 1. The molecule has 1 aliphatic heterocycles. The molecule has 1 N–H and O–H groups in total. The van der Waals surface area contributed by atoms with Crippen LogP contribution in [-0.2, 0) is 10.0 Å². The molecule has 0 aliphatic carbocycles. The van der Waals surface area contributed by atoms with Crippen molar-refractivity contribution < 1.29 is 35.5 Å². The second kappa shape index (κ2) is 9.13. The molecule has 0 fully saturated rings. The zero-order chi connectivity index (χ0) is 21.7. The molecule has 1 heterocycles. The Bertz CT molecular complexity index is 1050. The van der Waals surface area contributed by atoms with Crippen LogP contribution in [0.5, 0.6) is 11.5 Å². The number of rotatable bonds is 8. The van der Waals surface area contributed by atoms with E-state index in [1.807, 2.05) is 0 Å². The number of benzene rings is 2. The number of alkyl halides is 4. The summed E-state index contributed by atoms with van der Waals surface area (Å²) in [5, 5.41) is 1.15. The fourth-order valence-electron chi connectivity index (χ4n) is 2.54. The summed E-state index contributed by atoms with van der Waals surface area (Å²) in [4.78, 5) is 6.45. The third kappa shape index (κ3) is 5.48. The van der Waals surface area contributed by atoms with E-state index < -0.39 is 23.2 Å². The fraction of sp³-hybridized carbons (Fsp3) is 0.167. The number of sulfonamides is 1. The van der Waals surface area contributed by atoms with Gasteiger partial charge in [0.25, 0.3) is 10.0 Å². The number of hydrazine groups is 1. The molecule has 2 aromatic rings. The molecule has 0 radical (unpaired) electrons. The van der Waals surface area contributed by atoms with Crippen molar-refractivity contribution in [3.63, 3.8) is 0 Å². The van der Waals surface area contributed by atoms with Gasteiger partial charge in [-0.15, -0.1) is 4.83 Å². The Balaban J connectivity index is 1.80. The number of aliphatic imine (C=N–C) groups is 1. The molecule has 0 unspecified atom stereocenters. The van der Waals surface area contributed by atoms with Crippen molar-refractivity contribution in [2.75, 3.05) is 6.67 Å². The van der Waals surface area contributed by atoms with E-state index in [0.717, 1.165) is 23.2 Å². The van der Waals surface area contributed by atoms with Crippen LogP contribution in [0.1, 0.15) is 5.56 Å². The summed E-state index contributed by atoms with van der Waals surface area (Å²) in [5.41, 5.74) is 0.0933. The maximum Gasteiger partial charge on any atom is 0.387 e. The Hall–Kier alpha value is -3.12. The second-order valence-corrected chi connectivity index (χ2v) is 7.45. The van der Waals surface area contributed by atoms with Crippen molar-refractivity contribution in [1.82, 2.24) is 9.84 Å². The van der Waals surface area contributed by atoms with E-state index in [4.69, 9.17) is 0 Å². The average molecular weight is 445 g/mol. The topological polar surface area (TPSA) is 80.2 Å². The predicted molar refractivity (Wildman–Crippen MR) is 98.9 cm³/mol. The largest absolute Gasteiger partial charge is 0.435 e. The number of halogens is 4. The van der Waals surface area contributed by atoms with Crippen LogP contribution in [-0.4, -0.2) is 39.0 Å². The summed E-state index contributed by atoms with van der Waals surface area (Å²) in [6.07, 6.45) is 2.63. The molecule has 0 amide bonds. The molecule has 0 atom stereocenters. The highest BCUT2D eigenvalue weighted by Gasteiger charge is 2.20. The van der Waals surface area contributed by atoms with Gasteiger partial charge in [0, 0.05) is 11.8 Å². The van der Waals surface area contributed by atoms with Gasteiger partial charge in [-0.05, 0) is 36.4 Å². The zero-order valence-electron chi connectivity index (χ0n) is 15.1. The first-order valence-electron chi connectivity index (χ1n) is 8.35. The van der Waals surface area contributed by atoms with Crippen molar-refractivity contribution in [2.45, 2.75) is 18.1 Å². The van der Waals surface area contributed by atoms with Gasteiger partial charge in [-0.3, -0.25) is 10.0 Å². The van der Waals surface area contributed by atoms with E-state index in [-0.39, 0.29) is 34.3 Å². The molecule has 2 aromatic carbocycles. The summed E-state index contributed by atoms with van der Waals surface area (Å²) in [5.74, 6) is -0.571. The SMILES string of the molecule is O=S(=O)(NN1C=CC(c2cc(OC(F)F)ccc2OC(F)F)=NC1)c1ccccc1. The maximum atomic E-state index is 12.7. The lowest BCUT2D eigenvalue weighted by atomic mass is 10.1. The van der Waals surface area contributed by atoms with Gasteiger partial charge in [0.1, 0.15) is 18.2 Å². The zero-order valence-corrected chi connectivity index (χ0v) is 15.9. The normalized spacial score (nSPS) is 14.2. The lowest BCUT2D eigenvalue weighted by Crippen LogP contribution is -2.40. The van der Waals surface area contributed by atoms with Gasteiger partial charge in [0.2, 0.25) is 0 Å². The van der Waals surface area contributed by atoms with Gasteiger partial charge in [-0.1, -0.05) is 18.2 Å². The smallest absolute Gasteiger partial charge is 0.387 e. The van der Waals surface area contributed by atoms with Crippen LogP contribution in [0.15, 0.2) is 70.7 Å². The number of nitrogens with zero attached hydrogens (tertiary/aromatic N) is 2. The van der Waals surface area contributed by atoms with Crippen LogP contribution in [0.4, 0.5) is 17.6 Å². The van der Waals surface area contributed by atoms with E-state index in [1.54, 1.807) is 18.2 Å². The van der Waals surface area contributed by atoms with Gasteiger partial charge in [-0.25, -0.2) is 8.42 Å². The van der Waals surface area contributed by atoms with Crippen LogP contribution in [0.2, 0.25) is 0 Å². The first kappa shape index (κ1) is 21.6. The summed E-state index contributed by atoms with van der Waals surface area (Å²) in [6, 6.07) is 10.8. The van der Waals surface area contributed by atoms with E-state index in [2.05, 4.69) is 19.3 Å². The highest BCUT2D eigenvalue weighted by atomic mass is 32.2. The van der Waals surface area contributed by atoms with Crippen LogP contribution in [0, 0.1) is 0 Å². The molecule has 0 saturated carbocycles. The summed E-state index contributed by atoms with van der Waals surface area (Å²) >= 11 is 0. The number of nitrogens with one attached hydrogen (secondary N) is 1. The monoisotopic (exact) mass is 445 g/mol. The van der Waals surface area contributed by atoms with Crippen molar-refractivity contribution in [2.24, 2.45) is 4.99 Å². The standard InChI is InChI=1S/C18H15F4N3O4S/c19-17(20)28-12-6-7-16(29-18(21)22)14(10-12)15-8-9-25(11-23-15)24-30(26,27)13-4-2-1-3-5-13/h1-10,17-18,24H,11H2. The summed E-state index contributed by atoms with van der Waals surface area (Å²) in [7, 11) is -3.86. The number of ether oxygens (including phenoxy) is 2. The summed E-state index contributed by atoms with van der Waals surface area (Å²) in [6.45, 7) is -6.45. The van der Waals surface area contributed by atoms with E-state index in [9.17, 15) is 26.0 Å². The van der Waals surface area contributed by atoms with Gasteiger partial charge in [0.05, 0.1) is 10.6 Å². The van der Waals surface area contributed by atoms with Gasteiger partial charge >= 0.3 is 13.2 Å². The highest BCUT2D eigenvalue weighted by molar-refractivity contribution is 7.89. The minimum atomic E-state index is -3.86. The van der Waals surface area contributed by atoms with Gasteiger partial charge in [0.15, 0.2) is 0 Å². The molecule has 0 bridgehead atoms. The molecule has 30 heavy (non-hydrogen) atoms. The van der Waals surface area contributed by atoms with E-state index in [1.165, 1.54) is 24.4 Å². The third-order valence-corrected chi connectivity index (χ3v) is 5.13. The molecule has 12 heteroatoms.